The van der Waals surface area contributed by atoms with Gasteiger partial charge in [0.1, 0.15) is 0 Å². The molecule has 19 heavy (non-hydrogen) atoms. The Balaban J connectivity index is 2.14. The standard InChI is InChI=1S/C18H21N/c1-11-7-5-8-12(2)17(11)19-18-13(3)15-9-6-10-16(15)14(18)4/h5,7-8H,6,9-10H2,1-4H3. The van der Waals surface area contributed by atoms with Gasteiger partial charge in [0.2, 0.25) is 0 Å². The summed E-state index contributed by atoms with van der Waals surface area (Å²) in [6, 6.07) is 6.40. The topological polar surface area (TPSA) is 12.4 Å². The molecule has 0 amide bonds. The van der Waals surface area contributed by atoms with Crippen molar-refractivity contribution >= 4 is 11.4 Å². The number of aryl methyl sites for hydroxylation is 2. The second kappa shape index (κ2) is 4.48. The summed E-state index contributed by atoms with van der Waals surface area (Å²) < 4.78 is 0. The fourth-order valence-electron chi connectivity index (χ4n) is 3.40. The first-order valence-electron chi connectivity index (χ1n) is 7.15. The Labute approximate surface area is 115 Å². The van der Waals surface area contributed by atoms with Crippen LogP contribution in [0.4, 0.5) is 5.69 Å². The van der Waals surface area contributed by atoms with Gasteiger partial charge in [-0.1, -0.05) is 18.2 Å². The average molecular weight is 251 g/mol. The third kappa shape index (κ3) is 1.88. The van der Waals surface area contributed by atoms with Gasteiger partial charge in [0.05, 0.1) is 11.4 Å². The zero-order valence-corrected chi connectivity index (χ0v) is 12.3. The van der Waals surface area contributed by atoms with Gasteiger partial charge in [-0.2, -0.15) is 0 Å². The normalized spacial score (nSPS) is 18.4. The Hall–Kier alpha value is -1.63. The van der Waals surface area contributed by atoms with Gasteiger partial charge < -0.3 is 0 Å². The third-order valence-electron chi connectivity index (χ3n) is 4.50. The van der Waals surface area contributed by atoms with Crippen LogP contribution in [0.5, 0.6) is 0 Å². The number of nitrogens with zero attached hydrogens (tertiary/aromatic N) is 1. The van der Waals surface area contributed by atoms with Gasteiger partial charge in [-0.3, -0.25) is 0 Å². The van der Waals surface area contributed by atoms with Crippen LogP contribution in [-0.2, 0) is 0 Å². The van der Waals surface area contributed by atoms with Gasteiger partial charge in [-0.05, 0) is 80.4 Å². The molecule has 1 nitrogen and oxygen atoms in total. The van der Waals surface area contributed by atoms with E-state index in [9.17, 15) is 0 Å². The maximum absolute atomic E-state index is 5.00. The predicted octanol–water partition coefficient (Wildman–Crippen LogP) is 5.21. The number of fused-ring (bicyclic) bond motifs is 1. The second-order valence-corrected chi connectivity index (χ2v) is 5.76. The van der Waals surface area contributed by atoms with Crippen LogP contribution in [0.1, 0.15) is 44.2 Å². The van der Waals surface area contributed by atoms with Crippen molar-refractivity contribution < 1.29 is 0 Å². The molecule has 1 saturated carbocycles. The van der Waals surface area contributed by atoms with Crippen LogP contribution in [0.2, 0.25) is 0 Å². The summed E-state index contributed by atoms with van der Waals surface area (Å²) in [5.74, 6) is 0. The lowest BCUT2D eigenvalue weighted by molar-refractivity contribution is 0.926. The van der Waals surface area contributed by atoms with Gasteiger partial charge in [0.15, 0.2) is 0 Å². The Morgan fingerprint density at radius 1 is 0.842 bits per heavy atom. The molecule has 0 aromatic heterocycles. The van der Waals surface area contributed by atoms with E-state index in [0.717, 1.165) is 5.69 Å². The molecule has 1 fully saturated rings. The second-order valence-electron chi connectivity index (χ2n) is 5.76. The van der Waals surface area contributed by atoms with Gasteiger partial charge in [-0.25, -0.2) is 4.99 Å². The first-order valence-corrected chi connectivity index (χ1v) is 7.15. The highest BCUT2D eigenvalue weighted by Gasteiger charge is 2.28. The minimum atomic E-state index is 1.15. The molecule has 3 rings (SSSR count). The van der Waals surface area contributed by atoms with Gasteiger partial charge in [0, 0.05) is 0 Å². The summed E-state index contributed by atoms with van der Waals surface area (Å²) in [5, 5.41) is 0. The summed E-state index contributed by atoms with van der Waals surface area (Å²) in [5.41, 5.74) is 10.9. The SMILES string of the molecule is CC1=C2CCCC2=C(C)C1=Nc1c(C)cccc1C. The Kier molecular flexibility index (Phi) is 2.93. The van der Waals surface area contributed by atoms with Crippen molar-refractivity contribution in [2.24, 2.45) is 4.99 Å². The van der Waals surface area contributed by atoms with E-state index in [1.807, 2.05) is 0 Å². The fourth-order valence-corrected chi connectivity index (χ4v) is 3.40. The van der Waals surface area contributed by atoms with E-state index in [4.69, 9.17) is 4.99 Å². The van der Waals surface area contributed by atoms with Crippen molar-refractivity contribution in [3.05, 3.63) is 51.6 Å². The highest BCUT2D eigenvalue weighted by atomic mass is 14.8. The molecule has 0 heterocycles. The Morgan fingerprint density at radius 3 is 1.89 bits per heavy atom. The number of rotatable bonds is 1. The molecule has 0 saturated heterocycles. The first kappa shape index (κ1) is 12.4. The average Bonchev–Trinajstić information content (AvgIpc) is 2.93. The van der Waals surface area contributed by atoms with Crippen LogP contribution in [0.15, 0.2) is 45.5 Å². The molecule has 1 aromatic carbocycles. The number of benzene rings is 1. The van der Waals surface area contributed by atoms with Gasteiger partial charge in [0.25, 0.3) is 0 Å². The van der Waals surface area contributed by atoms with Crippen molar-refractivity contribution in [3.63, 3.8) is 0 Å². The van der Waals surface area contributed by atoms with Gasteiger partial charge in [-0.15, -0.1) is 0 Å². The fraction of sp³-hybridized carbons (Fsp3) is 0.389. The predicted molar refractivity (Wildman–Crippen MR) is 82.3 cm³/mol. The molecular formula is C18H21N. The molecule has 0 N–H and O–H groups in total. The Morgan fingerprint density at radius 2 is 1.37 bits per heavy atom. The molecule has 0 unspecified atom stereocenters. The lowest BCUT2D eigenvalue weighted by Gasteiger charge is -2.08. The summed E-state index contributed by atoms with van der Waals surface area (Å²) in [4.78, 5) is 5.00. The quantitative estimate of drug-likeness (QED) is 0.650. The largest absolute Gasteiger partial charge is 0.248 e. The summed E-state index contributed by atoms with van der Waals surface area (Å²) in [7, 11) is 0. The van der Waals surface area contributed by atoms with Gasteiger partial charge >= 0.3 is 0 Å². The molecule has 0 atom stereocenters. The minimum Gasteiger partial charge on any atom is -0.248 e. The molecule has 1 heteroatoms. The molecule has 0 aliphatic heterocycles. The van der Waals surface area contributed by atoms with Crippen LogP contribution in [0.3, 0.4) is 0 Å². The van der Waals surface area contributed by atoms with Crippen molar-refractivity contribution in [2.45, 2.75) is 47.0 Å². The molecule has 0 radical (unpaired) electrons. The van der Waals surface area contributed by atoms with E-state index in [1.165, 1.54) is 47.2 Å². The maximum atomic E-state index is 5.00. The minimum absolute atomic E-state index is 1.15. The van der Waals surface area contributed by atoms with Crippen molar-refractivity contribution in [1.82, 2.24) is 0 Å². The van der Waals surface area contributed by atoms with Crippen molar-refractivity contribution in [2.75, 3.05) is 0 Å². The van der Waals surface area contributed by atoms with E-state index in [2.05, 4.69) is 45.9 Å². The Bertz CT molecular complexity index is 593. The van der Waals surface area contributed by atoms with Crippen LogP contribution >= 0.6 is 0 Å². The zero-order valence-electron chi connectivity index (χ0n) is 12.3. The first-order chi connectivity index (χ1) is 9.09. The number of hydrogen-bond donors (Lipinski definition) is 0. The van der Waals surface area contributed by atoms with Crippen LogP contribution in [-0.4, -0.2) is 5.71 Å². The molecule has 98 valence electrons. The lowest BCUT2D eigenvalue weighted by Crippen LogP contribution is -1.99. The summed E-state index contributed by atoms with van der Waals surface area (Å²) >= 11 is 0. The molecule has 1 aromatic rings. The monoisotopic (exact) mass is 251 g/mol. The van der Waals surface area contributed by atoms with E-state index >= 15 is 0 Å². The number of aliphatic imine (C=N–C) groups is 1. The van der Waals surface area contributed by atoms with E-state index < -0.39 is 0 Å². The lowest BCUT2D eigenvalue weighted by atomic mass is 10.1. The smallest absolute Gasteiger partial charge is 0.0701 e. The van der Waals surface area contributed by atoms with Crippen molar-refractivity contribution in [1.29, 1.82) is 0 Å². The van der Waals surface area contributed by atoms with Crippen LogP contribution in [0, 0.1) is 13.8 Å². The number of hydrogen-bond acceptors (Lipinski definition) is 1. The number of para-hydroxylation sites is 1. The van der Waals surface area contributed by atoms with E-state index in [-0.39, 0.29) is 0 Å². The molecule has 2 aliphatic rings. The van der Waals surface area contributed by atoms with Crippen LogP contribution < -0.4 is 0 Å². The molecular weight excluding hydrogens is 230 g/mol. The summed E-state index contributed by atoms with van der Waals surface area (Å²) in [6.45, 7) is 8.77. The van der Waals surface area contributed by atoms with E-state index in [0.29, 0.717) is 0 Å². The van der Waals surface area contributed by atoms with Crippen molar-refractivity contribution in [3.8, 4) is 0 Å². The van der Waals surface area contributed by atoms with E-state index in [1.54, 1.807) is 11.1 Å². The maximum Gasteiger partial charge on any atom is 0.0701 e. The number of allylic oxidation sites excluding steroid dienone is 4. The third-order valence-corrected chi connectivity index (χ3v) is 4.50. The van der Waals surface area contributed by atoms with Crippen LogP contribution in [0.25, 0.3) is 0 Å². The summed E-state index contributed by atoms with van der Waals surface area (Å²) in [6.07, 6.45) is 3.80. The highest BCUT2D eigenvalue weighted by Crippen LogP contribution is 2.42. The highest BCUT2D eigenvalue weighted by molar-refractivity contribution is 6.17. The molecule has 0 spiro atoms. The zero-order chi connectivity index (χ0) is 13.6. The molecule has 0 bridgehead atoms. The molecule has 2 aliphatic carbocycles.